The van der Waals surface area contributed by atoms with E-state index in [9.17, 15) is 4.79 Å². The van der Waals surface area contributed by atoms with Gasteiger partial charge in [-0.25, -0.2) is 0 Å². The minimum absolute atomic E-state index is 0.0988. The van der Waals surface area contributed by atoms with Crippen LogP contribution in [0.1, 0.15) is 29.5 Å². The average Bonchev–Trinajstić information content (AvgIpc) is 3.28. The van der Waals surface area contributed by atoms with Crippen molar-refractivity contribution in [1.29, 1.82) is 0 Å². The minimum atomic E-state index is -0.560. The quantitative estimate of drug-likeness (QED) is 0.447. The number of rotatable bonds is 7. The van der Waals surface area contributed by atoms with Crippen molar-refractivity contribution in [3.05, 3.63) is 107 Å². The van der Waals surface area contributed by atoms with Crippen LogP contribution in [0, 0.1) is 0 Å². The van der Waals surface area contributed by atoms with Crippen molar-refractivity contribution in [3.63, 3.8) is 0 Å². The molecule has 0 saturated carbocycles. The molecule has 6 heteroatoms. The van der Waals surface area contributed by atoms with Crippen LogP contribution in [0.15, 0.2) is 89.3 Å². The monoisotopic (exact) mass is 417 g/mol. The summed E-state index contributed by atoms with van der Waals surface area (Å²) in [5.41, 5.74) is 2.75. The van der Waals surface area contributed by atoms with Crippen LogP contribution >= 0.6 is 11.6 Å². The summed E-state index contributed by atoms with van der Waals surface area (Å²) in [5.74, 6) is 0.630. The van der Waals surface area contributed by atoms with Gasteiger partial charge in [0, 0.05) is 17.0 Å². The van der Waals surface area contributed by atoms with Gasteiger partial charge in [0.15, 0.2) is 0 Å². The molecule has 1 atom stereocenters. The Hall–Kier alpha value is -3.44. The van der Waals surface area contributed by atoms with Crippen molar-refractivity contribution in [3.8, 4) is 11.5 Å². The number of nitrogens with one attached hydrogen (secondary N) is 1. The lowest BCUT2D eigenvalue weighted by atomic mass is 10.1. The summed E-state index contributed by atoms with van der Waals surface area (Å²) >= 11 is 6.03. The lowest BCUT2D eigenvalue weighted by Crippen LogP contribution is -2.29. The van der Waals surface area contributed by atoms with Gasteiger partial charge < -0.3 is 9.73 Å². The number of nitrogens with zero attached hydrogens (tertiary/aromatic N) is 2. The van der Waals surface area contributed by atoms with Crippen LogP contribution in [0.2, 0.25) is 5.02 Å². The summed E-state index contributed by atoms with van der Waals surface area (Å²) in [7, 11) is 0. The fourth-order valence-corrected chi connectivity index (χ4v) is 3.25. The Bertz CT molecular complexity index is 1100. The maximum absolute atomic E-state index is 12.7. The van der Waals surface area contributed by atoms with Crippen LogP contribution in [0.4, 0.5) is 0 Å². The summed E-state index contributed by atoms with van der Waals surface area (Å²) in [6.07, 6.45) is 1.01. The summed E-state index contributed by atoms with van der Waals surface area (Å²) in [6.45, 7) is 0. The van der Waals surface area contributed by atoms with E-state index in [1.807, 2.05) is 72.8 Å². The first-order valence-electron chi connectivity index (χ1n) is 9.66. The fourth-order valence-electron chi connectivity index (χ4n) is 3.13. The lowest BCUT2D eigenvalue weighted by Gasteiger charge is -2.16. The molecular weight excluding hydrogens is 398 g/mol. The molecule has 0 aliphatic carbocycles. The molecule has 0 aliphatic rings. The number of carbonyl (C=O) groups is 1. The van der Waals surface area contributed by atoms with Gasteiger partial charge >= 0.3 is 0 Å². The first-order valence-corrected chi connectivity index (χ1v) is 10.0. The standard InChI is InChI=1S/C24H20ClN3O2/c25-20-14-12-18(13-15-20)22(26-21(29)16-11-17-7-3-1-4-8-17)24-28-27-23(30-24)19-9-5-2-6-10-19/h1-10,12-15,22H,11,16H2,(H,26,29). The van der Waals surface area contributed by atoms with Gasteiger partial charge in [0.05, 0.1) is 0 Å². The Labute approximate surface area is 179 Å². The van der Waals surface area contributed by atoms with Gasteiger partial charge in [-0.05, 0) is 41.8 Å². The first kappa shape index (κ1) is 19.9. The Kier molecular flexibility index (Phi) is 6.20. The summed E-state index contributed by atoms with van der Waals surface area (Å²) in [4.78, 5) is 12.7. The van der Waals surface area contributed by atoms with Crippen LogP contribution in [0.3, 0.4) is 0 Å². The molecule has 1 aromatic heterocycles. The molecule has 0 saturated heterocycles. The number of carbonyl (C=O) groups excluding carboxylic acids is 1. The predicted molar refractivity (Wildman–Crippen MR) is 116 cm³/mol. The van der Waals surface area contributed by atoms with Gasteiger partial charge in [0.25, 0.3) is 0 Å². The Morgan fingerprint density at radius 3 is 2.27 bits per heavy atom. The Balaban J connectivity index is 1.55. The molecule has 1 N–H and O–H groups in total. The maximum atomic E-state index is 12.7. The van der Waals surface area contributed by atoms with E-state index in [1.165, 1.54) is 0 Å². The normalized spacial score (nSPS) is 11.8. The van der Waals surface area contributed by atoms with E-state index in [-0.39, 0.29) is 5.91 Å². The maximum Gasteiger partial charge on any atom is 0.247 e. The third-order valence-corrected chi connectivity index (χ3v) is 4.95. The van der Waals surface area contributed by atoms with Crippen molar-refractivity contribution in [1.82, 2.24) is 15.5 Å². The molecule has 1 unspecified atom stereocenters. The summed E-state index contributed by atoms with van der Waals surface area (Å²) < 4.78 is 5.91. The van der Waals surface area contributed by atoms with E-state index in [0.29, 0.717) is 29.6 Å². The molecule has 1 heterocycles. The van der Waals surface area contributed by atoms with Crippen LogP contribution < -0.4 is 5.32 Å². The summed E-state index contributed by atoms with van der Waals surface area (Å²) in [6, 6.07) is 26.1. The number of amides is 1. The molecule has 30 heavy (non-hydrogen) atoms. The van der Waals surface area contributed by atoms with Gasteiger partial charge in [-0.15, -0.1) is 10.2 Å². The molecule has 3 aromatic carbocycles. The number of aromatic nitrogens is 2. The largest absolute Gasteiger partial charge is 0.418 e. The highest BCUT2D eigenvalue weighted by atomic mass is 35.5. The van der Waals surface area contributed by atoms with Gasteiger partial charge in [-0.1, -0.05) is 72.3 Å². The van der Waals surface area contributed by atoms with Gasteiger partial charge in [-0.3, -0.25) is 4.79 Å². The number of hydrogen-bond donors (Lipinski definition) is 1. The third-order valence-electron chi connectivity index (χ3n) is 4.70. The molecule has 4 aromatic rings. The molecule has 0 radical (unpaired) electrons. The zero-order valence-electron chi connectivity index (χ0n) is 16.2. The smallest absolute Gasteiger partial charge is 0.247 e. The molecule has 0 fully saturated rings. The second-order valence-electron chi connectivity index (χ2n) is 6.85. The first-order chi connectivity index (χ1) is 14.7. The van der Waals surface area contributed by atoms with E-state index >= 15 is 0 Å². The van der Waals surface area contributed by atoms with E-state index in [1.54, 1.807) is 12.1 Å². The second-order valence-corrected chi connectivity index (χ2v) is 7.29. The second kappa shape index (κ2) is 9.37. The lowest BCUT2D eigenvalue weighted by molar-refractivity contribution is -0.121. The van der Waals surface area contributed by atoms with Crippen molar-refractivity contribution in [2.75, 3.05) is 0 Å². The fraction of sp³-hybridized carbons (Fsp3) is 0.125. The van der Waals surface area contributed by atoms with Gasteiger partial charge in [0.1, 0.15) is 6.04 Å². The van der Waals surface area contributed by atoms with E-state index in [2.05, 4.69) is 15.5 Å². The highest BCUT2D eigenvalue weighted by Crippen LogP contribution is 2.26. The highest BCUT2D eigenvalue weighted by Gasteiger charge is 2.23. The van der Waals surface area contributed by atoms with Crippen molar-refractivity contribution in [2.45, 2.75) is 18.9 Å². The SMILES string of the molecule is O=C(CCc1ccccc1)NC(c1ccc(Cl)cc1)c1nnc(-c2ccccc2)o1. The molecule has 150 valence electrons. The van der Waals surface area contributed by atoms with Crippen LogP contribution in [0.25, 0.3) is 11.5 Å². The zero-order valence-corrected chi connectivity index (χ0v) is 16.9. The number of aryl methyl sites for hydroxylation is 1. The zero-order chi connectivity index (χ0) is 20.8. The van der Waals surface area contributed by atoms with Crippen LogP contribution in [0.5, 0.6) is 0 Å². The Morgan fingerprint density at radius 2 is 1.57 bits per heavy atom. The van der Waals surface area contributed by atoms with E-state index in [0.717, 1.165) is 16.7 Å². The van der Waals surface area contributed by atoms with Crippen LogP contribution in [-0.2, 0) is 11.2 Å². The predicted octanol–water partition coefficient (Wildman–Crippen LogP) is 5.23. The third kappa shape index (κ3) is 4.93. The van der Waals surface area contributed by atoms with E-state index in [4.69, 9.17) is 16.0 Å². The molecule has 5 nitrogen and oxygen atoms in total. The highest BCUT2D eigenvalue weighted by molar-refractivity contribution is 6.30. The summed E-state index contributed by atoms with van der Waals surface area (Å²) in [5, 5.41) is 12.0. The topological polar surface area (TPSA) is 68.0 Å². The Morgan fingerprint density at radius 1 is 0.900 bits per heavy atom. The number of benzene rings is 3. The number of hydrogen-bond acceptors (Lipinski definition) is 4. The molecule has 0 aliphatic heterocycles. The van der Waals surface area contributed by atoms with E-state index < -0.39 is 6.04 Å². The number of halogens is 1. The molecule has 0 spiro atoms. The average molecular weight is 418 g/mol. The van der Waals surface area contributed by atoms with Gasteiger partial charge in [-0.2, -0.15) is 0 Å². The molecular formula is C24H20ClN3O2. The van der Waals surface area contributed by atoms with Gasteiger partial charge in [0.2, 0.25) is 17.7 Å². The molecule has 4 rings (SSSR count). The van der Waals surface area contributed by atoms with Crippen molar-refractivity contribution >= 4 is 17.5 Å². The van der Waals surface area contributed by atoms with Crippen LogP contribution in [-0.4, -0.2) is 16.1 Å². The minimum Gasteiger partial charge on any atom is -0.418 e. The molecule has 1 amide bonds. The van der Waals surface area contributed by atoms with Crippen molar-refractivity contribution in [2.24, 2.45) is 0 Å². The molecule has 0 bridgehead atoms. The van der Waals surface area contributed by atoms with Crippen molar-refractivity contribution < 1.29 is 9.21 Å².